The Bertz CT molecular complexity index is 657. The highest BCUT2D eigenvalue weighted by molar-refractivity contribution is 5.80. The van der Waals surface area contributed by atoms with E-state index in [1.165, 1.54) is 11.1 Å². The van der Waals surface area contributed by atoms with E-state index in [4.69, 9.17) is 0 Å². The van der Waals surface area contributed by atoms with Crippen molar-refractivity contribution in [1.82, 2.24) is 15.1 Å². The molecular weight excluding hydrogens is 326 g/mol. The van der Waals surface area contributed by atoms with Crippen molar-refractivity contribution in [2.75, 3.05) is 26.2 Å². The Hall–Kier alpha value is -1.88. The van der Waals surface area contributed by atoms with E-state index in [1.807, 2.05) is 31.7 Å². The van der Waals surface area contributed by atoms with Crippen molar-refractivity contribution < 1.29 is 9.59 Å². The van der Waals surface area contributed by atoms with Crippen molar-refractivity contribution in [1.29, 1.82) is 0 Å². The molecule has 1 aromatic rings. The summed E-state index contributed by atoms with van der Waals surface area (Å²) >= 11 is 0. The summed E-state index contributed by atoms with van der Waals surface area (Å²) in [5.41, 5.74) is 2.45. The van der Waals surface area contributed by atoms with E-state index in [2.05, 4.69) is 28.4 Å². The Kier molecular flexibility index (Phi) is 5.66. The van der Waals surface area contributed by atoms with Crippen molar-refractivity contribution in [3.63, 3.8) is 0 Å². The summed E-state index contributed by atoms with van der Waals surface area (Å²) in [4.78, 5) is 29.2. The topological polar surface area (TPSA) is 52.7 Å². The van der Waals surface area contributed by atoms with E-state index in [0.29, 0.717) is 12.5 Å². The number of hydrogen-bond acceptors (Lipinski definition) is 3. The number of likely N-dealkylation sites (tertiary alicyclic amines) is 1. The summed E-state index contributed by atoms with van der Waals surface area (Å²) in [5, 5.41) is 3.01. The number of benzene rings is 1. The molecule has 5 heteroatoms. The number of amides is 2. The van der Waals surface area contributed by atoms with Crippen molar-refractivity contribution >= 4 is 11.8 Å². The Labute approximate surface area is 156 Å². The van der Waals surface area contributed by atoms with E-state index in [9.17, 15) is 9.59 Å². The summed E-state index contributed by atoms with van der Waals surface area (Å²) in [6.45, 7) is 9.60. The molecule has 26 heavy (non-hydrogen) atoms. The van der Waals surface area contributed by atoms with Crippen LogP contribution in [-0.2, 0) is 22.6 Å². The van der Waals surface area contributed by atoms with Gasteiger partial charge in [-0.05, 0) is 64.3 Å². The average Bonchev–Trinajstić information content (AvgIpc) is 2.59. The lowest BCUT2D eigenvalue weighted by molar-refractivity contribution is -0.138. The Morgan fingerprint density at radius 2 is 1.73 bits per heavy atom. The highest BCUT2D eigenvalue weighted by Gasteiger charge is 2.31. The van der Waals surface area contributed by atoms with Crippen LogP contribution in [0.25, 0.3) is 0 Å². The summed E-state index contributed by atoms with van der Waals surface area (Å²) in [6, 6.07) is 8.42. The largest absolute Gasteiger partial charge is 0.350 e. The predicted molar refractivity (Wildman–Crippen MR) is 103 cm³/mol. The summed E-state index contributed by atoms with van der Waals surface area (Å²) in [6.07, 6.45) is 2.65. The molecule has 2 amide bonds. The number of hydrogen-bond donors (Lipinski definition) is 1. The molecule has 2 aliphatic rings. The van der Waals surface area contributed by atoms with E-state index in [0.717, 1.165) is 45.4 Å². The molecule has 2 aliphatic heterocycles. The lowest BCUT2D eigenvalue weighted by atomic mass is 9.93. The molecule has 142 valence electrons. The van der Waals surface area contributed by atoms with Gasteiger partial charge in [0.2, 0.25) is 11.8 Å². The van der Waals surface area contributed by atoms with Gasteiger partial charge in [-0.15, -0.1) is 0 Å². The first-order valence-electron chi connectivity index (χ1n) is 9.71. The van der Waals surface area contributed by atoms with Gasteiger partial charge in [0.15, 0.2) is 0 Å². The van der Waals surface area contributed by atoms with Gasteiger partial charge in [0.1, 0.15) is 0 Å². The fourth-order valence-corrected chi connectivity index (χ4v) is 3.94. The van der Waals surface area contributed by atoms with Gasteiger partial charge in [-0.25, -0.2) is 0 Å². The molecule has 0 atom stereocenters. The van der Waals surface area contributed by atoms with Gasteiger partial charge in [0.05, 0.1) is 6.54 Å². The van der Waals surface area contributed by atoms with Gasteiger partial charge in [0.25, 0.3) is 0 Å². The van der Waals surface area contributed by atoms with Crippen molar-refractivity contribution in [2.45, 2.75) is 52.1 Å². The molecule has 3 rings (SSSR count). The molecule has 0 unspecified atom stereocenters. The van der Waals surface area contributed by atoms with Crippen LogP contribution in [0, 0.1) is 5.92 Å². The Morgan fingerprint density at radius 1 is 1.08 bits per heavy atom. The quantitative estimate of drug-likeness (QED) is 0.902. The van der Waals surface area contributed by atoms with Gasteiger partial charge in [-0.1, -0.05) is 24.3 Å². The first kappa shape index (κ1) is 18.9. The maximum atomic E-state index is 12.9. The molecule has 2 heterocycles. The first-order valence-corrected chi connectivity index (χ1v) is 9.71. The SMILES string of the molecule is CC(C)(C)NC(=O)CN1CCC(C(=O)N2CCc3ccccc3C2)CC1. The first-order chi connectivity index (χ1) is 12.3. The lowest BCUT2D eigenvalue weighted by Gasteiger charge is -2.36. The number of nitrogens with zero attached hydrogens (tertiary/aromatic N) is 2. The van der Waals surface area contributed by atoms with Crippen LogP contribution in [-0.4, -0.2) is 53.3 Å². The molecule has 1 fully saturated rings. The monoisotopic (exact) mass is 357 g/mol. The second kappa shape index (κ2) is 7.78. The summed E-state index contributed by atoms with van der Waals surface area (Å²) in [5.74, 6) is 0.454. The second-order valence-electron chi connectivity index (χ2n) is 8.63. The zero-order valence-electron chi connectivity index (χ0n) is 16.3. The number of rotatable bonds is 3. The highest BCUT2D eigenvalue weighted by atomic mass is 16.2. The molecule has 1 aromatic carbocycles. The van der Waals surface area contributed by atoms with Gasteiger partial charge in [-0.2, -0.15) is 0 Å². The van der Waals surface area contributed by atoms with Crippen LogP contribution < -0.4 is 5.32 Å². The van der Waals surface area contributed by atoms with Crippen LogP contribution in [0.5, 0.6) is 0 Å². The number of carbonyl (C=O) groups is 2. The molecule has 0 spiro atoms. The van der Waals surface area contributed by atoms with Crippen molar-refractivity contribution in [3.8, 4) is 0 Å². The predicted octanol–water partition coefficient (Wildman–Crippen LogP) is 2.20. The molecule has 5 nitrogen and oxygen atoms in total. The third-order valence-corrected chi connectivity index (χ3v) is 5.26. The normalized spacial score (nSPS) is 19.1. The zero-order valence-corrected chi connectivity index (χ0v) is 16.3. The highest BCUT2D eigenvalue weighted by Crippen LogP contribution is 2.24. The van der Waals surface area contributed by atoms with Gasteiger partial charge < -0.3 is 10.2 Å². The molecule has 0 radical (unpaired) electrons. The van der Waals surface area contributed by atoms with Crippen LogP contribution in [0.15, 0.2) is 24.3 Å². The van der Waals surface area contributed by atoms with Crippen LogP contribution in [0.2, 0.25) is 0 Å². The van der Waals surface area contributed by atoms with E-state index < -0.39 is 0 Å². The standard InChI is InChI=1S/C21H31N3O2/c1-21(2,3)22-19(25)15-23-11-8-17(9-12-23)20(26)24-13-10-16-6-4-5-7-18(16)14-24/h4-7,17H,8-15H2,1-3H3,(H,22,25). The van der Waals surface area contributed by atoms with E-state index in [1.54, 1.807) is 0 Å². The third-order valence-electron chi connectivity index (χ3n) is 5.26. The fraction of sp³-hybridized carbons (Fsp3) is 0.619. The minimum Gasteiger partial charge on any atom is -0.350 e. The molecule has 1 N–H and O–H groups in total. The molecular formula is C21H31N3O2. The van der Waals surface area contributed by atoms with Gasteiger partial charge in [0, 0.05) is 24.5 Å². The molecule has 0 bridgehead atoms. The molecule has 0 aliphatic carbocycles. The second-order valence-corrected chi connectivity index (χ2v) is 8.63. The fourth-order valence-electron chi connectivity index (χ4n) is 3.94. The third kappa shape index (κ3) is 4.85. The smallest absolute Gasteiger partial charge is 0.234 e. The van der Waals surface area contributed by atoms with Crippen molar-refractivity contribution in [2.24, 2.45) is 5.92 Å². The number of fused-ring (bicyclic) bond motifs is 1. The van der Waals surface area contributed by atoms with Crippen LogP contribution in [0.1, 0.15) is 44.7 Å². The van der Waals surface area contributed by atoms with Crippen molar-refractivity contribution in [3.05, 3.63) is 35.4 Å². The number of nitrogens with one attached hydrogen (secondary N) is 1. The van der Waals surface area contributed by atoms with E-state index >= 15 is 0 Å². The van der Waals surface area contributed by atoms with Crippen LogP contribution in [0.3, 0.4) is 0 Å². The van der Waals surface area contributed by atoms with Crippen LogP contribution in [0.4, 0.5) is 0 Å². The molecule has 0 saturated carbocycles. The lowest BCUT2D eigenvalue weighted by Crippen LogP contribution is -2.49. The summed E-state index contributed by atoms with van der Waals surface area (Å²) in [7, 11) is 0. The minimum absolute atomic E-state index is 0.0647. The zero-order chi connectivity index (χ0) is 18.7. The minimum atomic E-state index is -0.198. The molecule has 0 aromatic heterocycles. The van der Waals surface area contributed by atoms with E-state index in [-0.39, 0.29) is 17.4 Å². The number of piperidine rings is 1. The molecule has 1 saturated heterocycles. The Morgan fingerprint density at radius 3 is 2.38 bits per heavy atom. The van der Waals surface area contributed by atoms with Gasteiger partial charge >= 0.3 is 0 Å². The number of carbonyl (C=O) groups excluding carboxylic acids is 2. The maximum absolute atomic E-state index is 12.9. The summed E-state index contributed by atoms with van der Waals surface area (Å²) < 4.78 is 0. The van der Waals surface area contributed by atoms with Gasteiger partial charge in [-0.3, -0.25) is 14.5 Å². The maximum Gasteiger partial charge on any atom is 0.234 e. The average molecular weight is 357 g/mol. The Balaban J connectivity index is 1.48. The van der Waals surface area contributed by atoms with Crippen LogP contribution >= 0.6 is 0 Å².